The molecule has 0 radical (unpaired) electrons. The summed E-state index contributed by atoms with van der Waals surface area (Å²) in [5, 5.41) is 0. The van der Waals surface area contributed by atoms with Gasteiger partial charge in [0.2, 0.25) is 0 Å². The Labute approximate surface area is 80.9 Å². The number of hydrogen-bond acceptors (Lipinski definition) is 5. The van der Waals surface area contributed by atoms with Crippen LogP contribution in [0.3, 0.4) is 0 Å². The first kappa shape index (κ1) is 9.95. The highest BCUT2D eigenvalue weighted by atomic mass is 32.2. The molecule has 1 aromatic heterocycles. The van der Waals surface area contributed by atoms with Gasteiger partial charge in [-0.3, -0.25) is 0 Å². The van der Waals surface area contributed by atoms with Crippen molar-refractivity contribution in [1.29, 1.82) is 0 Å². The quantitative estimate of drug-likeness (QED) is 0.755. The number of nitrogens with zero attached hydrogens (tertiary/aromatic N) is 2. The van der Waals surface area contributed by atoms with Gasteiger partial charge in [-0.15, -0.1) is 0 Å². The van der Waals surface area contributed by atoms with Crippen LogP contribution >= 0.6 is 23.3 Å². The molecule has 1 unspecified atom stereocenters. The van der Waals surface area contributed by atoms with Crippen LogP contribution in [0, 0.1) is 5.92 Å². The first-order chi connectivity index (χ1) is 5.70. The molecule has 5 heteroatoms. The summed E-state index contributed by atoms with van der Waals surface area (Å²) in [4.78, 5) is 4.06. The zero-order chi connectivity index (χ0) is 8.97. The van der Waals surface area contributed by atoms with Crippen LogP contribution in [0.5, 0.6) is 0 Å². The lowest BCUT2D eigenvalue weighted by Gasteiger charge is -2.13. The number of thioether (sulfide) groups is 1. The van der Waals surface area contributed by atoms with Crippen LogP contribution in [-0.2, 0) is 0 Å². The molecule has 2 N–H and O–H groups in total. The van der Waals surface area contributed by atoms with Gasteiger partial charge >= 0.3 is 0 Å². The van der Waals surface area contributed by atoms with Crippen LogP contribution in [0.1, 0.15) is 13.8 Å². The molecule has 0 aliphatic carbocycles. The molecule has 0 saturated heterocycles. The minimum Gasteiger partial charge on any atom is -0.327 e. The summed E-state index contributed by atoms with van der Waals surface area (Å²) < 4.78 is 4.92. The Hall–Kier alpha value is -0.130. The fraction of sp³-hybridized carbons (Fsp3) is 0.714. The van der Waals surface area contributed by atoms with E-state index in [9.17, 15) is 0 Å². The second-order valence-electron chi connectivity index (χ2n) is 2.93. The molecule has 0 spiro atoms. The minimum atomic E-state index is 0.249. The van der Waals surface area contributed by atoms with Gasteiger partial charge < -0.3 is 5.73 Å². The van der Waals surface area contributed by atoms with Crippen LogP contribution in [0.2, 0.25) is 0 Å². The van der Waals surface area contributed by atoms with Crippen molar-refractivity contribution in [3.63, 3.8) is 0 Å². The smallest absolute Gasteiger partial charge is 0.169 e. The van der Waals surface area contributed by atoms with Crippen molar-refractivity contribution in [2.75, 3.05) is 5.75 Å². The van der Waals surface area contributed by atoms with E-state index in [0.29, 0.717) is 5.92 Å². The van der Waals surface area contributed by atoms with Crippen molar-refractivity contribution in [2.45, 2.75) is 24.2 Å². The molecule has 1 rings (SSSR count). The van der Waals surface area contributed by atoms with E-state index in [-0.39, 0.29) is 6.04 Å². The van der Waals surface area contributed by atoms with Crippen LogP contribution < -0.4 is 5.73 Å². The average Bonchev–Trinajstić information content (AvgIpc) is 2.51. The van der Waals surface area contributed by atoms with E-state index >= 15 is 0 Å². The van der Waals surface area contributed by atoms with Crippen molar-refractivity contribution in [3.8, 4) is 0 Å². The summed E-state index contributed by atoms with van der Waals surface area (Å²) in [5.74, 6) is 1.46. The van der Waals surface area contributed by atoms with E-state index in [1.165, 1.54) is 11.5 Å². The summed E-state index contributed by atoms with van der Waals surface area (Å²) in [6.45, 7) is 4.26. The van der Waals surface area contributed by atoms with Gasteiger partial charge in [0, 0.05) is 11.8 Å². The number of nitrogens with two attached hydrogens (primary N) is 1. The van der Waals surface area contributed by atoms with E-state index < -0.39 is 0 Å². The van der Waals surface area contributed by atoms with Crippen molar-refractivity contribution in [1.82, 2.24) is 9.36 Å². The summed E-state index contributed by atoms with van der Waals surface area (Å²) in [7, 11) is 0. The Morgan fingerprint density at radius 3 is 2.92 bits per heavy atom. The van der Waals surface area contributed by atoms with Gasteiger partial charge in [-0.1, -0.05) is 25.6 Å². The van der Waals surface area contributed by atoms with E-state index in [0.717, 1.165) is 10.1 Å². The molecule has 0 amide bonds. The monoisotopic (exact) mass is 203 g/mol. The van der Waals surface area contributed by atoms with Crippen molar-refractivity contribution in [2.24, 2.45) is 11.7 Å². The Bertz CT molecular complexity index is 210. The maximum absolute atomic E-state index is 5.87. The molecule has 1 aromatic rings. The third kappa shape index (κ3) is 3.08. The van der Waals surface area contributed by atoms with Crippen LogP contribution in [0.25, 0.3) is 0 Å². The topological polar surface area (TPSA) is 51.8 Å². The molecule has 1 atom stereocenters. The molecule has 68 valence electrons. The maximum atomic E-state index is 5.87. The predicted octanol–water partition coefficient (Wildman–Crippen LogP) is 1.61. The Balaban J connectivity index is 2.27. The van der Waals surface area contributed by atoms with Crippen LogP contribution in [-0.4, -0.2) is 21.2 Å². The zero-order valence-electron chi connectivity index (χ0n) is 7.23. The highest BCUT2D eigenvalue weighted by molar-refractivity contribution is 8.00. The fourth-order valence-electron chi connectivity index (χ4n) is 0.587. The second kappa shape index (κ2) is 4.79. The largest absolute Gasteiger partial charge is 0.327 e. The SMILES string of the molecule is CC(C)C(N)CSc1ncns1. The normalized spacial score (nSPS) is 13.7. The van der Waals surface area contributed by atoms with Gasteiger partial charge in [-0.2, -0.15) is 4.37 Å². The highest BCUT2D eigenvalue weighted by Crippen LogP contribution is 2.20. The predicted molar refractivity (Wildman–Crippen MR) is 53.4 cm³/mol. The van der Waals surface area contributed by atoms with Gasteiger partial charge in [0.1, 0.15) is 6.33 Å². The molecule has 12 heavy (non-hydrogen) atoms. The van der Waals surface area contributed by atoms with E-state index in [4.69, 9.17) is 5.73 Å². The first-order valence-corrected chi connectivity index (χ1v) is 5.61. The van der Waals surface area contributed by atoms with Gasteiger partial charge in [0.05, 0.1) is 0 Å². The van der Waals surface area contributed by atoms with E-state index in [2.05, 4.69) is 23.2 Å². The molecule has 0 fully saturated rings. The molecule has 0 aliphatic heterocycles. The average molecular weight is 203 g/mol. The van der Waals surface area contributed by atoms with E-state index in [1.807, 2.05) is 0 Å². The highest BCUT2D eigenvalue weighted by Gasteiger charge is 2.08. The molecule has 0 saturated carbocycles. The van der Waals surface area contributed by atoms with Gasteiger partial charge in [0.15, 0.2) is 4.34 Å². The first-order valence-electron chi connectivity index (χ1n) is 3.85. The lowest BCUT2D eigenvalue weighted by molar-refractivity contribution is 0.535. The molecule has 0 bridgehead atoms. The minimum absolute atomic E-state index is 0.249. The standard InChI is InChI=1S/C7H13N3S2/c1-5(2)6(8)3-11-7-9-4-10-12-7/h4-6H,3,8H2,1-2H3. The van der Waals surface area contributed by atoms with Crippen molar-refractivity contribution in [3.05, 3.63) is 6.33 Å². The van der Waals surface area contributed by atoms with Crippen LogP contribution in [0.15, 0.2) is 10.7 Å². The van der Waals surface area contributed by atoms with Gasteiger partial charge in [-0.25, -0.2) is 4.98 Å². The molecule has 0 aromatic carbocycles. The number of rotatable bonds is 4. The molecule has 1 heterocycles. The van der Waals surface area contributed by atoms with Crippen molar-refractivity contribution >= 4 is 23.3 Å². The molecular weight excluding hydrogens is 190 g/mol. The summed E-state index contributed by atoms with van der Waals surface area (Å²) in [5.41, 5.74) is 5.87. The lowest BCUT2D eigenvalue weighted by Crippen LogP contribution is -2.28. The van der Waals surface area contributed by atoms with Crippen LogP contribution in [0.4, 0.5) is 0 Å². The third-order valence-corrected chi connectivity index (χ3v) is 3.54. The zero-order valence-corrected chi connectivity index (χ0v) is 8.86. The van der Waals surface area contributed by atoms with Gasteiger partial charge in [-0.05, 0) is 17.5 Å². The van der Waals surface area contributed by atoms with Crippen molar-refractivity contribution < 1.29 is 0 Å². The Morgan fingerprint density at radius 2 is 2.42 bits per heavy atom. The Kier molecular flexibility index (Phi) is 3.97. The second-order valence-corrected chi connectivity index (χ2v) is 4.97. The number of aromatic nitrogens is 2. The lowest BCUT2D eigenvalue weighted by atomic mass is 10.1. The van der Waals surface area contributed by atoms with E-state index in [1.54, 1.807) is 18.1 Å². The maximum Gasteiger partial charge on any atom is 0.169 e. The molecule has 0 aliphatic rings. The number of hydrogen-bond donors (Lipinski definition) is 1. The molecule has 3 nitrogen and oxygen atoms in total. The fourth-order valence-corrected chi connectivity index (χ4v) is 2.25. The van der Waals surface area contributed by atoms with Gasteiger partial charge in [0.25, 0.3) is 0 Å². The summed E-state index contributed by atoms with van der Waals surface area (Å²) >= 11 is 3.11. The molecular formula is C7H13N3S2. The Morgan fingerprint density at radius 1 is 1.67 bits per heavy atom. The summed E-state index contributed by atoms with van der Waals surface area (Å²) in [6.07, 6.45) is 1.58. The third-order valence-electron chi connectivity index (χ3n) is 1.60. The summed E-state index contributed by atoms with van der Waals surface area (Å²) in [6, 6.07) is 0.249.